The topological polar surface area (TPSA) is 92.8 Å². The van der Waals surface area contributed by atoms with Gasteiger partial charge in [-0.05, 0) is 61.2 Å². The summed E-state index contributed by atoms with van der Waals surface area (Å²) < 4.78 is 31.9. The third kappa shape index (κ3) is 4.01. The highest BCUT2D eigenvalue weighted by atomic mass is 32.2. The first-order valence-corrected chi connectivity index (χ1v) is 12.3. The molecule has 3 aromatic rings. The first-order valence-electron chi connectivity index (χ1n) is 10.0. The van der Waals surface area contributed by atoms with E-state index in [2.05, 4.69) is 5.32 Å². The third-order valence-corrected chi connectivity index (χ3v) is 8.44. The van der Waals surface area contributed by atoms with E-state index in [9.17, 15) is 18.0 Å². The van der Waals surface area contributed by atoms with Crippen LogP contribution in [0, 0.1) is 0 Å². The van der Waals surface area contributed by atoms with Crippen LogP contribution in [-0.4, -0.2) is 34.5 Å². The molecule has 0 atom stereocenters. The Labute approximate surface area is 190 Å². The van der Waals surface area contributed by atoms with Crippen LogP contribution in [0.15, 0.2) is 59.5 Å². The molecule has 0 saturated carbocycles. The molecule has 7 nitrogen and oxygen atoms in total. The molecule has 166 valence electrons. The minimum Gasteiger partial charge on any atom is -0.465 e. The lowest BCUT2D eigenvalue weighted by atomic mass is 10.1. The molecule has 0 saturated heterocycles. The number of hydrogen-bond acceptors (Lipinski definition) is 6. The molecule has 1 aromatic heterocycles. The Kier molecular flexibility index (Phi) is 6.03. The molecule has 9 heteroatoms. The van der Waals surface area contributed by atoms with Gasteiger partial charge in [-0.1, -0.05) is 18.2 Å². The van der Waals surface area contributed by atoms with E-state index in [0.717, 1.165) is 29.7 Å². The van der Waals surface area contributed by atoms with Gasteiger partial charge in [-0.25, -0.2) is 13.2 Å². The van der Waals surface area contributed by atoms with Crippen LogP contribution in [0.25, 0.3) is 0 Å². The van der Waals surface area contributed by atoms with E-state index in [1.165, 1.54) is 54.1 Å². The Balaban J connectivity index is 1.55. The van der Waals surface area contributed by atoms with Crippen molar-refractivity contribution < 1.29 is 22.7 Å². The number of methoxy groups -OCH3 is 1. The monoisotopic (exact) mass is 470 g/mol. The van der Waals surface area contributed by atoms with E-state index < -0.39 is 21.9 Å². The number of nitrogens with zero attached hydrogens (tertiary/aromatic N) is 1. The molecule has 1 aliphatic rings. The van der Waals surface area contributed by atoms with Gasteiger partial charge in [0.25, 0.3) is 15.9 Å². The van der Waals surface area contributed by atoms with Crippen molar-refractivity contribution in [1.29, 1.82) is 0 Å². The number of esters is 1. The highest BCUT2D eigenvalue weighted by molar-refractivity contribution is 7.92. The zero-order valence-electron chi connectivity index (χ0n) is 17.6. The number of amides is 1. The van der Waals surface area contributed by atoms with Gasteiger partial charge in [0.2, 0.25) is 0 Å². The van der Waals surface area contributed by atoms with Crippen molar-refractivity contribution in [2.24, 2.45) is 0 Å². The average Bonchev–Trinajstić information content (AvgIpc) is 3.39. The molecule has 2 aromatic carbocycles. The van der Waals surface area contributed by atoms with Crippen LogP contribution in [0.3, 0.4) is 0 Å². The molecule has 1 heterocycles. The Morgan fingerprint density at radius 2 is 1.72 bits per heavy atom. The molecule has 1 amide bonds. The maximum absolute atomic E-state index is 12.9. The predicted molar refractivity (Wildman–Crippen MR) is 124 cm³/mol. The Bertz CT molecular complexity index is 1270. The second-order valence-electron chi connectivity index (χ2n) is 7.34. The molecule has 32 heavy (non-hydrogen) atoms. The van der Waals surface area contributed by atoms with Crippen molar-refractivity contribution in [3.8, 4) is 0 Å². The van der Waals surface area contributed by atoms with Gasteiger partial charge >= 0.3 is 5.97 Å². The zero-order chi connectivity index (χ0) is 22.9. The fourth-order valence-corrected chi connectivity index (χ4v) is 6.17. The minimum atomic E-state index is -3.77. The van der Waals surface area contributed by atoms with E-state index in [4.69, 9.17) is 4.74 Å². The van der Waals surface area contributed by atoms with Gasteiger partial charge in [-0.15, -0.1) is 11.3 Å². The van der Waals surface area contributed by atoms with Gasteiger partial charge in [-0.3, -0.25) is 9.10 Å². The fraction of sp³-hybridized carbons (Fsp3) is 0.217. The number of sulfonamides is 1. The number of fused-ring (bicyclic) bond motifs is 1. The van der Waals surface area contributed by atoms with Crippen LogP contribution >= 0.6 is 11.3 Å². The van der Waals surface area contributed by atoms with Crippen LogP contribution in [0.5, 0.6) is 0 Å². The number of rotatable bonds is 6. The summed E-state index contributed by atoms with van der Waals surface area (Å²) in [4.78, 5) is 26.2. The number of hydrogen-bond donors (Lipinski definition) is 1. The summed E-state index contributed by atoms with van der Waals surface area (Å²) in [5.74, 6) is -0.888. The molecule has 0 bridgehead atoms. The number of ether oxygens (including phenoxy) is 1. The van der Waals surface area contributed by atoms with Crippen molar-refractivity contribution in [3.63, 3.8) is 0 Å². The predicted octanol–water partition coefficient (Wildman–Crippen LogP) is 4.10. The van der Waals surface area contributed by atoms with Crippen LogP contribution in [0.1, 0.15) is 37.6 Å². The number of carbonyl (C=O) groups is 2. The Morgan fingerprint density at radius 1 is 1.03 bits per heavy atom. The third-order valence-electron chi connectivity index (χ3n) is 5.43. The van der Waals surface area contributed by atoms with Gasteiger partial charge in [0.05, 0.1) is 23.3 Å². The highest BCUT2D eigenvalue weighted by Crippen LogP contribution is 2.39. The van der Waals surface area contributed by atoms with E-state index in [1.54, 1.807) is 24.3 Å². The van der Waals surface area contributed by atoms with Gasteiger partial charge in [-0.2, -0.15) is 0 Å². The van der Waals surface area contributed by atoms with E-state index in [1.807, 2.05) is 6.07 Å². The molecule has 0 radical (unpaired) electrons. The molecule has 0 spiro atoms. The van der Waals surface area contributed by atoms with Gasteiger partial charge in [0.1, 0.15) is 5.00 Å². The molecule has 0 aliphatic heterocycles. The number of anilines is 2. The summed E-state index contributed by atoms with van der Waals surface area (Å²) in [5, 5.41) is 3.26. The number of carbonyl (C=O) groups excluding carboxylic acids is 2. The van der Waals surface area contributed by atoms with Crippen molar-refractivity contribution in [1.82, 2.24) is 0 Å². The van der Waals surface area contributed by atoms with Crippen molar-refractivity contribution in [3.05, 3.63) is 76.2 Å². The van der Waals surface area contributed by atoms with Crippen molar-refractivity contribution in [2.45, 2.75) is 24.2 Å². The molecule has 1 N–H and O–H groups in total. The smallest absolute Gasteiger partial charge is 0.341 e. The summed E-state index contributed by atoms with van der Waals surface area (Å²) in [6.07, 6.45) is 2.64. The summed E-state index contributed by atoms with van der Waals surface area (Å²) in [6, 6.07) is 14.5. The first-order chi connectivity index (χ1) is 15.3. The van der Waals surface area contributed by atoms with E-state index in [0.29, 0.717) is 16.3 Å². The Hall–Kier alpha value is -3.17. The summed E-state index contributed by atoms with van der Waals surface area (Å²) in [7, 11) is -0.971. The molecule has 0 fully saturated rings. The maximum atomic E-state index is 12.9. The molecule has 0 unspecified atom stereocenters. The number of nitrogens with one attached hydrogen (secondary N) is 1. The standard InChI is InChI=1S/C23H22N2O5S2/c1-25(16-7-4-3-5-8-16)32(28,29)17-13-11-15(12-14-17)21(26)24-22-20(23(27)30-2)18-9-6-10-19(18)31-22/h3-5,7-8,11-14H,6,9-10H2,1-2H3,(H,24,26). The second-order valence-corrected chi connectivity index (χ2v) is 10.4. The number of para-hydroxylation sites is 1. The van der Waals surface area contributed by atoms with Gasteiger partial charge < -0.3 is 10.1 Å². The minimum absolute atomic E-state index is 0.0748. The summed E-state index contributed by atoms with van der Waals surface area (Å²) >= 11 is 1.39. The van der Waals surface area contributed by atoms with Crippen LogP contribution < -0.4 is 9.62 Å². The normalized spacial score (nSPS) is 12.8. The molecule has 4 rings (SSSR count). The van der Waals surface area contributed by atoms with Gasteiger partial charge in [0.15, 0.2) is 0 Å². The number of thiophene rings is 1. The van der Waals surface area contributed by atoms with Crippen LogP contribution in [0.4, 0.5) is 10.7 Å². The van der Waals surface area contributed by atoms with Crippen molar-refractivity contribution >= 4 is 43.9 Å². The van der Waals surface area contributed by atoms with E-state index >= 15 is 0 Å². The van der Waals surface area contributed by atoms with Crippen LogP contribution in [0.2, 0.25) is 0 Å². The quantitative estimate of drug-likeness (QED) is 0.548. The maximum Gasteiger partial charge on any atom is 0.341 e. The average molecular weight is 471 g/mol. The fourth-order valence-electron chi connectivity index (χ4n) is 3.70. The van der Waals surface area contributed by atoms with Gasteiger partial charge in [0, 0.05) is 17.5 Å². The highest BCUT2D eigenvalue weighted by Gasteiger charge is 2.28. The van der Waals surface area contributed by atoms with Crippen molar-refractivity contribution in [2.75, 3.05) is 23.8 Å². The molecular formula is C23H22N2O5S2. The lowest BCUT2D eigenvalue weighted by molar-refractivity contribution is 0.0601. The number of aryl methyl sites for hydroxylation is 1. The summed E-state index contributed by atoms with van der Waals surface area (Å²) in [6.45, 7) is 0. The molecule has 1 aliphatic carbocycles. The lowest BCUT2D eigenvalue weighted by Gasteiger charge is -2.19. The number of benzene rings is 2. The second kappa shape index (κ2) is 8.76. The van der Waals surface area contributed by atoms with E-state index in [-0.39, 0.29) is 10.5 Å². The first kappa shape index (κ1) is 22.0. The SMILES string of the molecule is COC(=O)c1c(NC(=O)c2ccc(S(=O)(=O)N(C)c3ccccc3)cc2)sc2c1CCC2. The Morgan fingerprint density at radius 3 is 2.38 bits per heavy atom. The summed E-state index contributed by atoms with van der Waals surface area (Å²) in [5.41, 5.74) is 2.19. The lowest BCUT2D eigenvalue weighted by Crippen LogP contribution is -2.26. The zero-order valence-corrected chi connectivity index (χ0v) is 19.3. The van der Waals surface area contributed by atoms with Crippen LogP contribution in [-0.2, 0) is 27.6 Å². The largest absolute Gasteiger partial charge is 0.465 e. The molecular weight excluding hydrogens is 448 g/mol.